The minimum Gasteiger partial charge on any atom is -0.466 e. The van der Waals surface area contributed by atoms with Gasteiger partial charge in [-0.2, -0.15) is 0 Å². The zero-order chi connectivity index (χ0) is 24.1. The molecule has 0 radical (unpaired) electrons. The normalized spacial score (nSPS) is 20.3. The molecule has 0 saturated carbocycles. The fourth-order valence-electron chi connectivity index (χ4n) is 5.91. The summed E-state index contributed by atoms with van der Waals surface area (Å²) in [6, 6.07) is 9.76. The van der Waals surface area contributed by atoms with Crippen molar-refractivity contribution in [3.8, 4) is 11.3 Å². The van der Waals surface area contributed by atoms with Crippen LogP contribution in [-0.2, 0) is 9.53 Å². The summed E-state index contributed by atoms with van der Waals surface area (Å²) in [5.74, 6) is 1.07. The minimum atomic E-state index is -0.167. The molecule has 2 fully saturated rings. The smallest absolute Gasteiger partial charge is 0.310 e. The lowest BCUT2D eigenvalue weighted by Gasteiger charge is -2.37. The van der Waals surface area contributed by atoms with Crippen LogP contribution in [0.1, 0.15) is 55.5 Å². The number of benzene rings is 2. The van der Waals surface area contributed by atoms with E-state index in [0.29, 0.717) is 41.5 Å². The fourth-order valence-corrected chi connectivity index (χ4v) is 5.91. The van der Waals surface area contributed by atoms with Crippen molar-refractivity contribution in [3.63, 3.8) is 0 Å². The van der Waals surface area contributed by atoms with E-state index in [1.165, 1.54) is 0 Å². The van der Waals surface area contributed by atoms with Gasteiger partial charge in [-0.15, -0.1) is 0 Å². The summed E-state index contributed by atoms with van der Waals surface area (Å²) in [5.41, 5.74) is 4.77. The van der Waals surface area contributed by atoms with E-state index in [1.807, 2.05) is 31.2 Å². The van der Waals surface area contributed by atoms with Crippen LogP contribution in [-0.4, -0.2) is 49.7 Å². The van der Waals surface area contributed by atoms with E-state index in [9.17, 15) is 9.59 Å². The van der Waals surface area contributed by atoms with Gasteiger partial charge in [0.1, 0.15) is 5.52 Å². The lowest BCUT2D eigenvalue weighted by atomic mass is 9.85. The molecule has 1 aliphatic carbocycles. The van der Waals surface area contributed by atoms with Crippen LogP contribution >= 0.6 is 0 Å². The van der Waals surface area contributed by atoms with Crippen LogP contribution in [0.25, 0.3) is 22.2 Å². The van der Waals surface area contributed by atoms with Crippen molar-refractivity contribution < 1.29 is 18.8 Å². The molecule has 0 bridgehead atoms. The van der Waals surface area contributed by atoms with Crippen LogP contribution in [0, 0.1) is 11.8 Å². The van der Waals surface area contributed by atoms with Crippen LogP contribution in [0.4, 0.5) is 11.4 Å². The molecule has 7 nitrogen and oxygen atoms in total. The number of piperidine rings is 2. The third kappa shape index (κ3) is 3.60. The standard InChI is InChI=1S/C28H31N3O4/c1-3-34-28(33)18-7-6-12-31(16-18)22-15-21(30-13-10-17(2)11-14-30)23-24-25(22)29-35-27(24)20-9-5-4-8-19(20)26(23)32/h4-5,8-9,15,17-18H,3,6-7,10-14,16H2,1-2H3/t18-/m1/s1. The highest BCUT2D eigenvalue weighted by molar-refractivity contribution is 6.28. The molecule has 1 aromatic heterocycles. The van der Waals surface area contributed by atoms with E-state index in [1.54, 1.807) is 0 Å². The highest BCUT2D eigenvalue weighted by Gasteiger charge is 2.36. The second-order valence-electron chi connectivity index (χ2n) is 10.1. The molecule has 3 heterocycles. The Morgan fingerprint density at radius 1 is 1.09 bits per heavy atom. The van der Waals surface area contributed by atoms with Crippen molar-refractivity contribution in [3.05, 3.63) is 41.5 Å². The predicted octanol–water partition coefficient (Wildman–Crippen LogP) is 5.06. The van der Waals surface area contributed by atoms with E-state index >= 15 is 0 Å². The molecule has 0 amide bonds. The zero-order valence-corrected chi connectivity index (χ0v) is 20.4. The van der Waals surface area contributed by atoms with Crippen molar-refractivity contribution in [2.45, 2.75) is 39.5 Å². The number of anilines is 2. The Labute approximate surface area is 205 Å². The van der Waals surface area contributed by atoms with Gasteiger partial charge in [0.05, 0.1) is 34.8 Å². The quantitative estimate of drug-likeness (QED) is 0.384. The monoisotopic (exact) mass is 473 g/mol. The Bertz CT molecular complexity index is 1310. The SMILES string of the molecule is CCOC(=O)[C@@H]1CCCN(c2cc(N3CCC(C)CC3)c3c4c(onc24)-c2ccccc2C3=O)C1. The van der Waals surface area contributed by atoms with E-state index in [-0.39, 0.29) is 17.7 Å². The van der Waals surface area contributed by atoms with Crippen LogP contribution in [0.5, 0.6) is 0 Å². The molecule has 0 unspecified atom stereocenters. The number of esters is 1. The summed E-state index contributed by atoms with van der Waals surface area (Å²) in [4.78, 5) is 31.0. The first-order valence-corrected chi connectivity index (χ1v) is 12.8. The average molecular weight is 474 g/mol. The third-order valence-corrected chi connectivity index (χ3v) is 7.86. The van der Waals surface area contributed by atoms with E-state index in [0.717, 1.165) is 67.6 Å². The molecule has 1 atom stereocenters. The van der Waals surface area contributed by atoms with E-state index in [4.69, 9.17) is 9.26 Å². The number of carbonyl (C=O) groups excluding carboxylic acids is 2. The van der Waals surface area contributed by atoms with Crippen molar-refractivity contribution >= 4 is 34.0 Å². The van der Waals surface area contributed by atoms with Gasteiger partial charge in [0.25, 0.3) is 0 Å². The molecule has 35 heavy (non-hydrogen) atoms. The highest BCUT2D eigenvalue weighted by Crippen LogP contribution is 2.47. The van der Waals surface area contributed by atoms with Gasteiger partial charge in [0, 0.05) is 37.3 Å². The summed E-state index contributed by atoms with van der Waals surface area (Å²) < 4.78 is 11.3. The maximum absolute atomic E-state index is 13.9. The number of hydrogen-bond donors (Lipinski definition) is 0. The summed E-state index contributed by atoms with van der Waals surface area (Å²) in [6.45, 7) is 7.76. The summed E-state index contributed by atoms with van der Waals surface area (Å²) in [7, 11) is 0. The molecular weight excluding hydrogens is 442 g/mol. The zero-order valence-electron chi connectivity index (χ0n) is 20.4. The van der Waals surface area contributed by atoms with Gasteiger partial charge in [-0.05, 0) is 44.6 Å². The number of rotatable bonds is 4. The molecule has 0 spiro atoms. The van der Waals surface area contributed by atoms with Crippen molar-refractivity contribution in [2.75, 3.05) is 42.6 Å². The summed E-state index contributed by atoms with van der Waals surface area (Å²) in [6.07, 6.45) is 3.92. The highest BCUT2D eigenvalue weighted by atomic mass is 16.5. The Balaban J connectivity index is 1.52. The number of ketones is 1. The molecule has 2 aromatic carbocycles. The Morgan fingerprint density at radius 2 is 1.86 bits per heavy atom. The van der Waals surface area contributed by atoms with Crippen molar-refractivity contribution in [1.82, 2.24) is 5.16 Å². The van der Waals surface area contributed by atoms with Gasteiger partial charge in [0.2, 0.25) is 0 Å². The lowest BCUT2D eigenvalue weighted by molar-refractivity contribution is -0.148. The Morgan fingerprint density at radius 3 is 2.63 bits per heavy atom. The first-order valence-electron chi connectivity index (χ1n) is 12.8. The molecule has 2 saturated heterocycles. The predicted molar refractivity (Wildman–Crippen MR) is 135 cm³/mol. The van der Waals surface area contributed by atoms with Gasteiger partial charge in [0.15, 0.2) is 11.5 Å². The third-order valence-electron chi connectivity index (χ3n) is 7.86. The van der Waals surface area contributed by atoms with Crippen LogP contribution in [0.3, 0.4) is 0 Å². The maximum atomic E-state index is 13.9. The molecule has 0 N–H and O–H groups in total. The lowest BCUT2D eigenvalue weighted by Crippen LogP contribution is -2.40. The number of aromatic nitrogens is 1. The van der Waals surface area contributed by atoms with Crippen LogP contribution in [0.15, 0.2) is 34.9 Å². The molecule has 2 aliphatic heterocycles. The van der Waals surface area contributed by atoms with Crippen LogP contribution in [0.2, 0.25) is 0 Å². The van der Waals surface area contributed by atoms with E-state index in [2.05, 4.69) is 27.9 Å². The first-order chi connectivity index (χ1) is 17.1. The maximum Gasteiger partial charge on any atom is 0.310 e. The number of hydrogen-bond acceptors (Lipinski definition) is 7. The second kappa shape index (κ2) is 8.70. The van der Waals surface area contributed by atoms with Gasteiger partial charge in [-0.1, -0.05) is 36.3 Å². The first kappa shape index (κ1) is 22.1. The molecule has 3 aromatic rings. The Kier molecular flexibility index (Phi) is 5.50. The van der Waals surface area contributed by atoms with Gasteiger partial charge >= 0.3 is 5.97 Å². The molecule has 3 aliphatic rings. The van der Waals surface area contributed by atoms with Gasteiger partial charge < -0.3 is 19.1 Å². The molecule has 7 heteroatoms. The second-order valence-corrected chi connectivity index (χ2v) is 10.1. The summed E-state index contributed by atoms with van der Waals surface area (Å²) in [5, 5.41) is 5.30. The number of carbonyl (C=O) groups is 2. The summed E-state index contributed by atoms with van der Waals surface area (Å²) >= 11 is 0. The molecular formula is C28H31N3O4. The van der Waals surface area contributed by atoms with Crippen LogP contribution < -0.4 is 9.80 Å². The number of ether oxygens (including phenoxy) is 1. The van der Waals surface area contributed by atoms with Gasteiger partial charge in [-0.25, -0.2) is 0 Å². The van der Waals surface area contributed by atoms with E-state index < -0.39 is 0 Å². The molecule has 6 rings (SSSR count). The molecule has 182 valence electrons. The minimum absolute atomic E-state index is 0.0320. The van der Waals surface area contributed by atoms with Crippen molar-refractivity contribution in [1.29, 1.82) is 0 Å². The topological polar surface area (TPSA) is 75.9 Å². The fraction of sp³-hybridized carbons (Fsp3) is 0.464. The number of nitrogens with zero attached hydrogens (tertiary/aromatic N) is 3. The Hall–Kier alpha value is -3.35. The van der Waals surface area contributed by atoms with Crippen molar-refractivity contribution in [2.24, 2.45) is 11.8 Å². The average Bonchev–Trinajstić information content (AvgIpc) is 3.33. The largest absolute Gasteiger partial charge is 0.466 e. The number of fused-ring (bicyclic) bond motifs is 2. The van der Waals surface area contributed by atoms with Gasteiger partial charge in [-0.3, -0.25) is 9.59 Å².